The van der Waals surface area contributed by atoms with E-state index in [4.69, 9.17) is 10.00 Å². The fourth-order valence-corrected chi connectivity index (χ4v) is 1.19. The Hall–Kier alpha value is -1.28. The molecule has 92 valence electrons. The summed E-state index contributed by atoms with van der Waals surface area (Å²) < 4.78 is 4.92. The minimum absolute atomic E-state index is 0.110. The molecule has 2 amide bonds. The van der Waals surface area contributed by atoms with Gasteiger partial charge < -0.3 is 15.0 Å². The second kappa shape index (κ2) is 10.2. The van der Waals surface area contributed by atoms with E-state index in [0.29, 0.717) is 32.7 Å². The Morgan fingerprint density at radius 1 is 1.50 bits per heavy atom. The van der Waals surface area contributed by atoms with E-state index in [1.165, 1.54) is 0 Å². The van der Waals surface area contributed by atoms with Gasteiger partial charge in [0.1, 0.15) is 0 Å². The number of urea groups is 1. The van der Waals surface area contributed by atoms with Crippen molar-refractivity contribution in [3.05, 3.63) is 0 Å². The normalized spacial score (nSPS) is 9.56. The molecular weight excluding hydrogens is 206 g/mol. The van der Waals surface area contributed by atoms with Crippen LogP contribution >= 0.6 is 0 Å². The summed E-state index contributed by atoms with van der Waals surface area (Å²) in [5.41, 5.74) is 0. The predicted molar refractivity (Wildman–Crippen MR) is 62.0 cm³/mol. The molecule has 0 radical (unpaired) electrons. The average molecular weight is 227 g/mol. The van der Waals surface area contributed by atoms with Crippen LogP contribution in [0.4, 0.5) is 4.79 Å². The number of rotatable bonds is 8. The Kier molecular flexibility index (Phi) is 9.43. The van der Waals surface area contributed by atoms with Gasteiger partial charge in [0.25, 0.3) is 0 Å². The van der Waals surface area contributed by atoms with Crippen molar-refractivity contribution in [3.63, 3.8) is 0 Å². The zero-order valence-corrected chi connectivity index (χ0v) is 10.2. The number of methoxy groups -OCH3 is 1. The lowest BCUT2D eigenvalue weighted by atomic mass is 10.3. The number of nitriles is 1. The molecule has 0 spiro atoms. The van der Waals surface area contributed by atoms with Crippen molar-refractivity contribution in [2.75, 3.05) is 33.4 Å². The van der Waals surface area contributed by atoms with Crippen LogP contribution in [0.3, 0.4) is 0 Å². The Balaban J connectivity index is 3.94. The minimum Gasteiger partial charge on any atom is -0.383 e. The topological polar surface area (TPSA) is 65.4 Å². The van der Waals surface area contributed by atoms with Crippen molar-refractivity contribution >= 4 is 6.03 Å². The number of unbranched alkanes of at least 4 members (excludes halogenated alkanes) is 1. The van der Waals surface area contributed by atoms with E-state index in [-0.39, 0.29) is 6.03 Å². The molecule has 0 saturated carbocycles. The Morgan fingerprint density at radius 3 is 2.81 bits per heavy atom. The van der Waals surface area contributed by atoms with Crippen molar-refractivity contribution in [1.82, 2.24) is 10.2 Å². The fourth-order valence-electron chi connectivity index (χ4n) is 1.19. The van der Waals surface area contributed by atoms with E-state index < -0.39 is 0 Å². The van der Waals surface area contributed by atoms with Gasteiger partial charge in [-0.1, -0.05) is 13.3 Å². The van der Waals surface area contributed by atoms with Crippen LogP contribution in [0.15, 0.2) is 0 Å². The lowest BCUT2D eigenvalue weighted by molar-refractivity contribution is 0.150. The quantitative estimate of drug-likeness (QED) is 0.637. The third-order valence-corrected chi connectivity index (χ3v) is 2.15. The Bertz CT molecular complexity index is 226. The van der Waals surface area contributed by atoms with Gasteiger partial charge in [0.2, 0.25) is 0 Å². The fraction of sp³-hybridized carbons (Fsp3) is 0.818. The molecule has 0 atom stereocenters. The van der Waals surface area contributed by atoms with E-state index in [9.17, 15) is 4.79 Å². The molecule has 0 bridgehead atoms. The zero-order valence-electron chi connectivity index (χ0n) is 10.2. The highest BCUT2D eigenvalue weighted by molar-refractivity contribution is 5.74. The van der Waals surface area contributed by atoms with Crippen LogP contribution in [0, 0.1) is 11.3 Å². The number of ether oxygens (including phenoxy) is 1. The van der Waals surface area contributed by atoms with Gasteiger partial charge in [0.05, 0.1) is 19.1 Å². The molecule has 0 aliphatic carbocycles. The molecule has 0 aromatic rings. The SMILES string of the molecule is CCCCNC(=O)N(CCC#N)CCOC. The lowest BCUT2D eigenvalue weighted by Gasteiger charge is -2.21. The highest BCUT2D eigenvalue weighted by Crippen LogP contribution is 1.93. The number of hydrogen-bond acceptors (Lipinski definition) is 3. The average Bonchev–Trinajstić information content (AvgIpc) is 2.29. The molecule has 0 rings (SSSR count). The van der Waals surface area contributed by atoms with Crippen LogP contribution in [0.25, 0.3) is 0 Å². The van der Waals surface area contributed by atoms with Gasteiger partial charge in [0.15, 0.2) is 0 Å². The van der Waals surface area contributed by atoms with Gasteiger partial charge in [-0.3, -0.25) is 0 Å². The van der Waals surface area contributed by atoms with E-state index in [2.05, 4.69) is 12.2 Å². The predicted octanol–water partition coefficient (Wildman–Crippen LogP) is 1.36. The standard InChI is InChI=1S/C11H21N3O2/c1-3-4-7-13-11(15)14(8-5-6-12)9-10-16-2/h3-5,7-10H2,1-2H3,(H,13,15). The summed E-state index contributed by atoms with van der Waals surface area (Å²) in [6, 6.07) is 1.92. The summed E-state index contributed by atoms with van der Waals surface area (Å²) in [5, 5.41) is 11.3. The molecule has 0 aliphatic rings. The van der Waals surface area contributed by atoms with Crippen molar-refractivity contribution in [2.45, 2.75) is 26.2 Å². The summed E-state index contributed by atoms with van der Waals surface area (Å²) >= 11 is 0. The largest absolute Gasteiger partial charge is 0.383 e. The monoisotopic (exact) mass is 227 g/mol. The van der Waals surface area contributed by atoms with Crippen LogP contribution in [0.2, 0.25) is 0 Å². The molecular formula is C11H21N3O2. The lowest BCUT2D eigenvalue weighted by Crippen LogP contribution is -2.42. The maximum absolute atomic E-state index is 11.7. The smallest absolute Gasteiger partial charge is 0.317 e. The van der Waals surface area contributed by atoms with E-state index in [1.54, 1.807) is 12.0 Å². The van der Waals surface area contributed by atoms with Gasteiger partial charge in [0, 0.05) is 26.7 Å². The molecule has 0 saturated heterocycles. The summed E-state index contributed by atoms with van der Waals surface area (Å²) in [6.45, 7) is 4.23. The van der Waals surface area contributed by atoms with Crippen LogP contribution in [0.1, 0.15) is 26.2 Å². The summed E-state index contributed by atoms with van der Waals surface area (Å²) in [4.78, 5) is 13.3. The Labute approximate surface area is 97.4 Å². The first-order valence-electron chi connectivity index (χ1n) is 5.64. The molecule has 0 unspecified atom stereocenters. The summed E-state index contributed by atoms with van der Waals surface area (Å²) in [6.07, 6.45) is 2.38. The van der Waals surface area contributed by atoms with Crippen molar-refractivity contribution < 1.29 is 9.53 Å². The third-order valence-electron chi connectivity index (χ3n) is 2.15. The molecule has 0 aromatic carbocycles. The van der Waals surface area contributed by atoms with Crippen molar-refractivity contribution in [1.29, 1.82) is 5.26 Å². The maximum atomic E-state index is 11.7. The summed E-state index contributed by atoms with van der Waals surface area (Å²) in [5.74, 6) is 0. The second-order valence-electron chi connectivity index (χ2n) is 3.47. The van der Waals surface area contributed by atoms with E-state index in [0.717, 1.165) is 12.8 Å². The molecule has 5 heteroatoms. The number of nitrogens with zero attached hydrogens (tertiary/aromatic N) is 2. The highest BCUT2D eigenvalue weighted by Gasteiger charge is 2.11. The van der Waals surface area contributed by atoms with Crippen LogP contribution < -0.4 is 5.32 Å². The molecule has 0 heterocycles. The first-order valence-corrected chi connectivity index (χ1v) is 5.64. The zero-order chi connectivity index (χ0) is 12.2. The number of nitrogens with one attached hydrogen (secondary N) is 1. The molecule has 0 aromatic heterocycles. The number of hydrogen-bond donors (Lipinski definition) is 1. The first-order chi connectivity index (χ1) is 7.76. The summed E-state index contributed by atoms with van der Waals surface area (Å²) in [7, 11) is 1.59. The van der Waals surface area contributed by atoms with E-state index >= 15 is 0 Å². The van der Waals surface area contributed by atoms with Gasteiger partial charge in [-0.25, -0.2) is 4.79 Å². The molecule has 16 heavy (non-hydrogen) atoms. The van der Waals surface area contributed by atoms with Gasteiger partial charge >= 0.3 is 6.03 Å². The molecule has 5 nitrogen and oxygen atoms in total. The van der Waals surface area contributed by atoms with E-state index in [1.807, 2.05) is 6.07 Å². The molecule has 0 fully saturated rings. The van der Waals surface area contributed by atoms with Gasteiger partial charge in [-0.2, -0.15) is 5.26 Å². The third kappa shape index (κ3) is 7.07. The maximum Gasteiger partial charge on any atom is 0.317 e. The van der Waals surface area contributed by atoms with Crippen molar-refractivity contribution in [3.8, 4) is 6.07 Å². The molecule has 0 aliphatic heterocycles. The number of carbonyl (C=O) groups is 1. The highest BCUT2D eigenvalue weighted by atomic mass is 16.5. The van der Waals surface area contributed by atoms with Crippen molar-refractivity contribution in [2.24, 2.45) is 0 Å². The number of carbonyl (C=O) groups excluding carboxylic acids is 1. The molecule has 1 N–H and O–H groups in total. The Morgan fingerprint density at radius 2 is 2.25 bits per heavy atom. The van der Waals surface area contributed by atoms with Crippen LogP contribution in [-0.4, -0.2) is 44.3 Å². The van der Waals surface area contributed by atoms with Gasteiger partial charge in [-0.05, 0) is 6.42 Å². The number of amides is 2. The first kappa shape index (κ1) is 14.7. The van der Waals surface area contributed by atoms with Crippen LogP contribution in [-0.2, 0) is 4.74 Å². The van der Waals surface area contributed by atoms with Crippen LogP contribution in [0.5, 0.6) is 0 Å². The van der Waals surface area contributed by atoms with Gasteiger partial charge in [-0.15, -0.1) is 0 Å². The second-order valence-corrected chi connectivity index (χ2v) is 3.47. The minimum atomic E-state index is -0.110.